The number of hydrogen-bond donors (Lipinski definition) is 1. The number of carboxylic acid groups (broad SMARTS) is 1. The summed E-state index contributed by atoms with van der Waals surface area (Å²) in [5, 5.41) is 8.89. The van der Waals surface area contributed by atoms with Crippen molar-refractivity contribution < 1.29 is 24.2 Å². The standard InChI is InChI=1S/C11H15NO5/c1-3-7-4-5-9(13)12(11(15)16)6-8(7)10(14)17-2/h4,8H,3,5-6H2,1-2H3,(H,15,16)/t8-/m0/s1. The molecule has 94 valence electrons. The Morgan fingerprint density at radius 1 is 1.59 bits per heavy atom. The summed E-state index contributed by atoms with van der Waals surface area (Å²) < 4.78 is 4.63. The first kappa shape index (κ1) is 13.2. The molecule has 0 spiro atoms. The number of imide groups is 1. The molecule has 6 nitrogen and oxygen atoms in total. The molecule has 1 aliphatic heterocycles. The summed E-state index contributed by atoms with van der Waals surface area (Å²) in [5.74, 6) is -1.72. The van der Waals surface area contributed by atoms with Gasteiger partial charge in [0.2, 0.25) is 5.91 Å². The van der Waals surface area contributed by atoms with Gasteiger partial charge in [0.1, 0.15) is 0 Å². The van der Waals surface area contributed by atoms with Crippen LogP contribution in [0.1, 0.15) is 19.8 Å². The van der Waals surface area contributed by atoms with Crippen LogP contribution in [-0.4, -0.2) is 41.6 Å². The number of carbonyl (C=O) groups is 3. The minimum atomic E-state index is -1.34. The highest BCUT2D eigenvalue weighted by Gasteiger charge is 2.33. The summed E-state index contributed by atoms with van der Waals surface area (Å²) in [5.41, 5.74) is 0.744. The topological polar surface area (TPSA) is 83.9 Å². The van der Waals surface area contributed by atoms with Gasteiger partial charge >= 0.3 is 12.1 Å². The Hall–Kier alpha value is -1.85. The first-order chi connectivity index (χ1) is 8.01. The molecule has 2 amide bonds. The van der Waals surface area contributed by atoms with Crippen molar-refractivity contribution in [2.24, 2.45) is 5.92 Å². The van der Waals surface area contributed by atoms with E-state index in [1.807, 2.05) is 6.92 Å². The number of hydrogen-bond acceptors (Lipinski definition) is 4. The number of rotatable bonds is 2. The second kappa shape index (κ2) is 5.47. The highest BCUT2D eigenvalue weighted by molar-refractivity contribution is 5.93. The molecule has 17 heavy (non-hydrogen) atoms. The van der Waals surface area contributed by atoms with Crippen molar-refractivity contribution in [1.82, 2.24) is 4.90 Å². The van der Waals surface area contributed by atoms with Gasteiger partial charge in [-0.1, -0.05) is 18.6 Å². The SMILES string of the molecule is CCC1=CCC(=O)N(C(=O)O)C[C@@H]1C(=O)OC. The molecule has 1 heterocycles. The van der Waals surface area contributed by atoms with E-state index in [1.165, 1.54) is 7.11 Å². The molecule has 1 N–H and O–H groups in total. The Kier molecular flexibility index (Phi) is 4.25. The molecule has 1 rings (SSSR count). The second-order valence-corrected chi connectivity index (χ2v) is 3.70. The van der Waals surface area contributed by atoms with Crippen LogP contribution in [0.5, 0.6) is 0 Å². The first-order valence-electron chi connectivity index (χ1n) is 5.31. The number of nitrogens with zero attached hydrogens (tertiary/aromatic N) is 1. The zero-order chi connectivity index (χ0) is 13.0. The summed E-state index contributed by atoms with van der Waals surface area (Å²) in [4.78, 5) is 34.7. The van der Waals surface area contributed by atoms with Gasteiger partial charge in [0.15, 0.2) is 0 Å². The number of esters is 1. The maximum atomic E-state index is 11.6. The summed E-state index contributed by atoms with van der Waals surface area (Å²) in [6.45, 7) is 1.68. The Labute approximate surface area is 98.8 Å². The Morgan fingerprint density at radius 3 is 2.71 bits per heavy atom. The minimum absolute atomic E-state index is 0.00294. The van der Waals surface area contributed by atoms with E-state index in [4.69, 9.17) is 5.11 Å². The Bertz CT molecular complexity index is 374. The molecular formula is C11H15NO5. The lowest BCUT2D eigenvalue weighted by Gasteiger charge is -2.20. The van der Waals surface area contributed by atoms with Crippen LogP contribution >= 0.6 is 0 Å². The van der Waals surface area contributed by atoms with Crippen LogP contribution in [-0.2, 0) is 14.3 Å². The molecule has 0 aromatic carbocycles. The van der Waals surface area contributed by atoms with E-state index in [0.717, 1.165) is 5.57 Å². The van der Waals surface area contributed by atoms with Crippen LogP contribution < -0.4 is 0 Å². The molecule has 0 saturated heterocycles. The predicted octanol–water partition coefficient (Wildman–Crippen LogP) is 1.02. The Balaban J connectivity index is 3.01. The van der Waals surface area contributed by atoms with E-state index >= 15 is 0 Å². The number of carbonyl (C=O) groups excluding carboxylic acids is 2. The predicted molar refractivity (Wildman–Crippen MR) is 58.2 cm³/mol. The molecular weight excluding hydrogens is 226 g/mol. The maximum absolute atomic E-state index is 11.6. The van der Waals surface area contributed by atoms with Crippen LogP contribution in [0.4, 0.5) is 4.79 Å². The number of ether oxygens (including phenoxy) is 1. The first-order valence-corrected chi connectivity index (χ1v) is 5.31. The fraction of sp³-hybridized carbons (Fsp3) is 0.545. The number of amides is 2. The van der Waals surface area contributed by atoms with E-state index in [9.17, 15) is 14.4 Å². The summed E-state index contributed by atoms with van der Waals surface area (Å²) in [6, 6.07) is 0. The van der Waals surface area contributed by atoms with Gasteiger partial charge in [-0.25, -0.2) is 9.69 Å². The molecule has 0 unspecified atom stereocenters. The van der Waals surface area contributed by atoms with Crippen molar-refractivity contribution in [3.8, 4) is 0 Å². The third-order valence-corrected chi connectivity index (χ3v) is 2.78. The molecule has 0 aliphatic carbocycles. The molecule has 0 aromatic heterocycles. The lowest BCUT2D eigenvalue weighted by molar-refractivity contribution is -0.144. The monoisotopic (exact) mass is 241 g/mol. The fourth-order valence-electron chi connectivity index (χ4n) is 1.82. The zero-order valence-electron chi connectivity index (χ0n) is 9.80. The van der Waals surface area contributed by atoms with Crippen molar-refractivity contribution in [1.29, 1.82) is 0 Å². The summed E-state index contributed by atoms with van der Waals surface area (Å²) in [7, 11) is 1.24. The molecule has 1 aliphatic rings. The van der Waals surface area contributed by atoms with Crippen molar-refractivity contribution in [3.63, 3.8) is 0 Å². The van der Waals surface area contributed by atoms with Gasteiger partial charge in [0, 0.05) is 13.0 Å². The van der Waals surface area contributed by atoms with Crippen molar-refractivity contribution in [2.45, 2.75) is 19.8 Å². The molecule has 0 radical (unpaired) electrons. The zero-order valence-corrected chi connectivity index (χ0v) is 9.80. The van der Waals surface area contributed by atoms with Crippen molar-refractivity contribution in [3.05, 3.63) is 11.6 Å². The van der Waals surface area contributed by atoms with Gasteiger partial charge in [-0.05, 0) is 6.42 Å². The van der Waals surface area contributed by atoms with E-state index in [2.05, 4.69) is 4.74 Å². The molecule has 0 aromatic rings. The van der Waals surface area contributed by atoms with Gasteiger partial charge in [0.25, 0.3) is 0 Å². The average molecular weight is 241 g/mol. The molecule has 1 atom stereocenters. The lowest BCUT2D eigenvalue weighted by atomic mass is 9.96. The normalized spacial score (nSPS) is 20.6. The molecule has 0 saturated carbocycles. The van der Waals surface area contributed by atoms with Crippen LogP contribution in [0, 0.1) is 5.92 Å². The smallest absolute Gasteiger partial charge is 0.414 e. The summed E-state index contributed by atoms with van der Waals surface area (Å²) >= 11 is 0. The van der Waals surface area contributed by atoms with Crippen LogP contribution in [0.15, 0.2) is 11.6 Å². The van der Waals surface area contributed by atoms with E-state index < -0.39 is 23.9 Å². The van der Waals surface area contributed by atoms with E-state index in [1.54, 1.807) is 6.08 Å². The van der Waals surface area contributed by atoms with Crippen molar-refractivity contribution in [2.75, 3.05) is 13.7 Å². The highest BCUT2D eigenvalue weighted by atomic mass is 16.5. The van der Waals surface area contributed by atoms with Crippen LogP contribution in [0.2, 0.25) is 0 Å². The maximum Gasteiger partial charge on any atom is 0.414 e. The van der Waals surface area contributed by atoms with Crippen LogP contribution in [0.3, 0.4) is 0 Å². The van der Waals surface area contributed by atoms with Crippen molar-refractivity contribution >= 4 is 18.0 Å². The van der Waals surface area contributed by atoms with E-state index in [0.29, 0.717) is 11.3 Å². The van der Waals surface area contributed by atoms with Gasteiger partial charge in [-0.3, -0.25) is 9.59 Å². The lowest BCUT2D eigenvalue weighted by Crippen LogP contribution is -2.40. The largest absolute Gasteiger partial charge is 0.469 e. The summed E-state index contributed by atoms with van der Waals surface area (Å²) in [6.07, 6.45) is 0.866. The van der Waals surface area contributed by atoms with Gasteiger partial charge in [-0.2, -0.15) is 0 Å². The third kappa shape index (κ3) is 2.83. The third-order valence-electron chi connectivity index (χ3n) is 2.78. The molecule has 0 fully saturated rings. The average Bonchev–Trinajstić information content (AvgIpc) is 2.47. The highest BCUT2D eigenvalue weighted by Crippen LogP contribution is 2.22. The fourth-order valence-corrected chi connectivity index (χ4v) is 1.82. The Morgan fingerprint density at radius 2 is 2.24 bits per heavy atom. The van der Waals surface area contributed by atoms with Crippen LogP contribution in [0.25, 0.3) is 0 Å². The van der Waals surface area contributed by atoms with Gasteiger partial charge in [0.05, 0.1) is 13.0 Å². The second-order valence-electron chi connectivity index (χ2n) is 3.70. The quantitative estimate of drug-likeness (QED) is 0.576. The molecule has 0 bridgehead atoms. The van der Waals surface area contributed by atoms with Gasteiger partial charge < -0.3 is 9.84 Å². The van der Waals surface area contributed by atoms with E-state index in [-0.39, 0.29) is 13.0 Å². The minimum Gasteiger partial charge on any atom is -0.469 e. The molecule has 6 heteroatoms. The number of methoxy groups -OCH3 is 1. The van der Waals surface area contributed by atoms with Gasteiger partial charge in [-0.15, -0.1) is 0 Å².